The number of hydrogen-bond acceptors (Lipinski definition) is 1. The van der Waals surface area contributed by atoms with Crippen molar-refractivity contribution >= 4 is 38.9 Å². The van der Waals surface area contributed by atoms with Gasteiger partial charge in [-0.25, -0.2) is 0 Å². The van der Waals surface area contributed by atoms with Crippen LogP contribution in [0.5, 0.6) is 0 Å². The molecule has 0 atom stereocenters. The highest BCUT2D eigenvalue weighted by atomic mass is 15.1. The number of hydrogen-bond donors (Lipinski definition) is 0. The Bertz CT molecular complexity index is 4360. The van der Waals surface area contributed by atoms with Crippen LogP contribution in [0, 0.1) is 0 Å². The Morgan fingerprint density at radius 1 is 0.375 bits per heavy atom. The minimum atomic E-state index is -1.22. The van der Waals surface area contributed by atoms with Crippen molar-refractivity contribution in [1.29, 1.82) is 0 Å². The molecule has 0 bridgehead atoms. The molecule has 1 aromatic heterocycles. The average molecular weight is 741 g/mol. The van der Waals surface area contributed by atoms with E-state index in [1.165, 1.54) is 6.07 Å². The van der Waals surface area contributed by atoms with E-state index in [0.29, 0.717) is 21.2 Å². The molecule has 10 rings (SSSR count). The van der Waals surface area contributed by atoms with E-state index in [2.05, 4.69) is 0 Å². The van der Waals surface area contributed by atoms with Gasteiger partial charge in [0.15, 0.2) is 0 Å². The van der Waals surface area contributed by atoms with Crippen molar-refractivity contribution in [2.75, 3.05) is 4.90 Å². The maximum absolute atomic E-state index is 10.1. The molecule has 0 spiro atoms. The van der Waals surface area contributed by atoms with Gasteiger partial charge in [-0.1, -0.05) is 169 Å². The molecule has 0 saturated carbocycles. The van der Waals surface area contributed by atoms with Crippen molar-refractivity contribution in [3.63, 3.8) is 0 Å². The fourth-order valence-electron chi connectivity index (χ4n) is 6.42. The van der Waals surface area contributed by atoms with Crippen LogP contribution in [0.4, 0.5) is 17.1 Å². The number of fused-ring (bicyclic) bond motifs is 3. The molecule has 1 heterocycles. The van der Waals surface area contributed by atoms with Crippen LogP contribution >= 0.6 is 0 Å². The second-order valence-corrected chi connectivity index (χ2v) is 12.2. The van der Waals surface area contributed by atoms with Gasteiger partial charge in [0, 0.05) is 33.4 Å². The SMILES string of the molecule is [2H]c1c([2H])c([2H])c(-c2c([2H])c([2H])c(-c3c([2H])c([2H])c(N(c4c([2H])c([2H])c([2H])c(-c5ccc6c(c5)c5ccccc5n6-c5ccccc5)c4[2H])c4c([2H])c([2H])c([2H])c([2H])c4-c4c([2H])c([2H])c([2H])c([2H])c4[2H])c([2H])c3[2H])c([2H])c2[2H])c([2H])c1[2H]. The molecule has 0 amide bonds. The maximum Gasteiger partial charge on any atom is 0.0651 e. The van der Waals surface area contributed by atoms with Crippen LogP contribution in [-0.4, -0.2) is 4.57 Å². The van der Waals surface area contributed by atoms with E-state index in [1.54, 1.807) is 18.2 Å². The van der Waals surface area contributed by atoms with Crippen LogP contribution in [0.2, 0.25) is 0 Å². The van der Waals surface area contributed by atoms with Crippen molar-refractivity contribution in [2.45, 2.75) is 0 Å². The molecular formula is C54H38N2. The molecule has 10 aromatic rings. The molecule has 0 N–H and O–H groups in total. The van der Waals surface area contributed by atoms with Crippen molar-refractivity contribution in [3.8, 4) is 50.2 Å². The second-order valence-electron chi connectivity index (χ2n) is 12.2. The highest BCUT2D eigenvalue weighted by Gasteiger charge is 2.19. The summed E-state index contributed by atoms with van der Waals surface area (Å²) < 4.78 is 237. The molecule has 0 aliphatic heterocycles. The Hall–Kier alpha value is -7.42. The Morgan fingerprint density at radius 2 is 0.946 bits per heavy atom. The normalized spacial score (nSPS) is 17.7. The highest BCUT2D eigenvalue weighted by molar-refractivity contribution is 6.10. The molecule has 9 aromatic carbocycles. The van der Waals surface area contributed by atoms with Crippen molar-refractivity contribution in [2.24, 2.45) is 0 Å². The van der Waals surface area contributed by atoms with Crippen molar-refractivity contribution < 1.29 is 35.6 Å². The third-order valence-corrected chi connectivity index (χ3v) is 8.91. The van der Waals surface area contributed by atoms with E-state index >= 15 is 0 Å². The van der Waals surface area contributed by atoms with E-state index in [0.717, 1.165) is 11.2 Å². The first-order valence-corrected chi connectivity index (χ1v) is 17.1. The average Bonchev–Trinajstić information content (AvgIpc) is 1.20. The lowest BCUT2D eigenvalue weighted by atomic mass is 9.98. The molecule has 0 aliphatic carbocycles. The lowest BCUT2D eigenvalue weighted by Gasteiger charge is -2.28. The zero-order valence-corrected chi connectivity index (χ0v) is 28.8. The molecule has 0 aliphatic rings. The summed E-state index contributed by atoms with van der Waals surface area (Å²) in [6.07, 6.45) is 0. The third kappa shape index (κ3) is 6.14. The van der Waals surface area contributed by atoms with E-state index in [-0.39, 0.29) is 11.1 Å². The van der Waals surface area contributed by atoms with E-state index in [9.17, 15) is 13.7 Å². The first-order chi connectivity index (χ1) is 38.6. The third-order valence-electron chi connectivity index (χ3n) is 8.91. The number of anilines is 3. The predicted octanol–water partition coefficient (Wildman–Crippen LogP) is 14.9. The van der Waals surface area contributed by atoms with Gasteiger partial charge in [0.05, 0.1) is 52.4 Å². The number of rotatable bonds is 8. The van der Waals surface area contributed by atoms with Gasteiger partial charge in [-0.15, -0.1) is 0 Å². The minimum absolute atomic E-state index is 0.0827. The van der Waals surface area contributed by atoms with Crippen molar-refractivity contribution in [1.82, 2.24) is 4.57 Å². The topological polar surface area (TPSA) is 8.17 Å². The van der Waals surface area contributed by atoms with Crippen LogP contribution < -0.4 is 4.90 Å². The second kappa shape index (κ2) is 14.4. The molecule has 2 nitrogen and oxygen atoms in total. The van der Waals surface area contributed by atoms with Gasteiger partial charge < -0.3 is 9.47 Å². The zero-order valence-electron chi connectivity index (χ0n) is 54.8. The lowest BCUT2D eigenvalue weighted by Crippen LogP contribution is -2.11. The van der Waals surface area contributed by atoms with Gasteiger partial charge in [0.2, 0.25) is 0 Å². The van der Waals surface area contributed by atoms with Gasteiger partial charge in [-0.2, -0.15) is 0 Å². The number of benzene rings is 9. The summed E-state index contributed by atoms with van der Waals surface area (Å²) in [4.78, 5) is 0.500. The Labute approximate surface area is 364 Å². The zero-order chi connectivity index (χ0) is 59.9. The van der Waals surface area contributed by atoms with Crippen LogP contribution in [0.1, 0.15) is 35.6 Å². The Morgan fingerprint density at radius 3 is 1.68 bits per heavy atom. The molecule has 56 heavy (non-hydrogen) atoms. The summed E-state index contributed by atoms with van der Waals surface area (Å²) in [5.74, 6) is 0. The summed E-state index contributed by atoms with van der Waals surface area (Å²) in [6.45, 7) is 0. The van der Waals surface area contributed by atoms with Crippen LogP contribution in [0.3, 0.4) is 0 Å². The summed E-state index contributed by atoms with van der Waals surface area (Å²) >= 11 is 0. The molecule has 0 radical (unpaired) electrons. The first kappa shape index (κ1) is 15.7. The standard InChI is InChI=1S/C54H38N2/c1-4-15-39(16-5-1)40-27-29-41(30-28-40)42-31-34-47(35-32-42)55(52-25-12-10-23-49(52)43-17-6-2-7-18-43)48-22-14-19-44(37-48)45-33-36-54-51(38-45)50-24-11-13-26-53(50)56(54)46-20-8-3-9-21-46/h1-38H/i1D,2D,4D,5D,6D,7D,10D,12D,14D,15D,16D,17D,18D,19D,22D,23D,25D,27D,28D,29D,30D,31D,32D,34D,35D,37D. The van der Waals surface area contributed by atoms with Crippen molar-refractivity contribution in [3.05, 3.63) is 230 Å². The van der Waals surface area contributed by atoms with Crippen LogP contribution in [0.25, 0.3) is 72.0 Å². The Balaban J connectivity index is 1.34. The fourth-order valence-corrected chi connectivity index (χ4v) is 6.42. The Kier molecular flexibility index (Phi) is 4.06. The van der Waals surface area contributed by atoms with Gasteiger partial charge in [-0.3, -0.25) is 0 Å². The first-order valence-electron chi connectivity index (χ1n) is 30.1. The lowest BCUT2D eigenvalue weighted by molar-refractivity contribution is 1.18. The summed E-state index contributed by atoms with van der Waals surface area (Å²) in [5, 5.41) is 1.30. The summed E-state index contributed by atoms with van der Waals surface area (Å²) in [7, 11) is 0. The quantitative estimate of drug-likeness (QED) is 0.151. The molecule has 2 heteroatoms. The molecule has 0 saturated heterocycles. The molecule has 264 valence electrons. The van der Waals surface area contributed by atoms with Gasteiger partial charge >= 0.3 is 0 Å². The minimum Gasteiger partial charge on any atom is -0.310 e. The fraction of sp³-hybridized carbons (Fsp3) is 0. The number of para-hydroxylation sites is 3. The highest BCUT2D eigenvalue weighted by Crippen LogP contribution is 2.43. The summed E-state index contributed by atoms with van der Waals surface area (Å²) in [5.41, 5.74) is -6.22. The molecule has 0 fully saturated rings. The van der Waals surface area contributed by atoms with E-state index in [4.69, 9.17) is 21.9 Å². The van der Waals surface area contributed by atoms with E-state index < -0.39 is 208 Å². The van der Waals surface area contributed by atoms with Gasteiger partial charge in [-0.05, 0) is 99.5 Å². The van der Waals surface area contributed by atoms with Gasteiger partial charge in [0.25, 0.3) is 0 Å². The predicted molar refractivity (Wildman–Crippen MR) is 237 cm³/mol. The number of aromatic nitrogens is 1. The van der Waals surface area contributed by atoms with Gasteiger partial charge in [0.1, 0.15) is 0 Å². The van der Waals surface area contributed by atoms with Crippen LogP contribution in [0.15, 0.2) is 230 Å². The smallest absolute Gasteiger partial charge is 0.0651 e. The monoisotopic (exact) mass is 740 g/mol. The largest absolute Gasteiger partial charge is 0.310 e. The van der Waals surface area contributed by atoms with E-state index in [1.807, 2.05) is 53.1 Å². The summed E-state index contributed by atoms with van der Waals surface area (Å²) in [6, 6.07) is -4.61. The van der Waals surface area contributed by atoms with Crippen LogP contribution in [-0.2, 0) is 0 Å². The molecular weight excluding hydrogens is 677 g/mol. The number of nitrogens with zero attached hydrogens (tertiary/aromatic N) is 2. The maximum atomic E-state index is 10.1. The molecule has 0 unspecified atom stereocenters.